The molecule has 21 heavy (non-hydrogen) atoms. The smallest absolute Gasteiger partial charge is 0.243 e. The fourth-order valence-corrected chi connectivity index (χ4v) is 3.72. The van der Waals surface area contributed by atoms with Crippen LogP contribution in [0.5, 0.6) is 5.75 Å². The van der Waals surface area contributed by atoms with E-state index in [1.165, 1.54) is 4.31 Å². The summed E-state index contributed by atoms with van der Waals surface area (Å²) in [5.74, 6) is 0.667. The Morgan fingerprint density at radius 1 is 1.33 bits per heavy atom. The lowest BCUT2D eigenvalue weighted by Gasteiger charge is -2.16. The second kappa shape index (κ2) is 7.22. The number of nitrogens with zero attached hydrogens (tertiary/aromatic N) is 1. The zero-order valence-corrected chi connectivity index (χ0v) is 13.2. The second-order valence-corrected chi connectivity index (χ2v) is 6.87. The van der Waals surface area contributed by atoms with Gasteiger partial charge in [0.15, 0.2) is 0 Å². The Bertz CT molecular complexity index is 545. The van der Waals surface area contributed by atoms with Crippen LogP contribution in [-0.2, 0) is 14.8 Å². The third-order valence-corrected chi connectivity index (χ3v) is 5.40. The topological polar surface area (TPSA) is 67.9 Å². The molecule has 0 aromatic heterocycles. The van der Waals surface area contributed by atoms with Gasteiger partial charge in [0.25, 0.3) is 0 Å². The highest BCUT2D eigenvalue weighted by molar-refractivity contribution is 7.89. The van der Waals surface area contributed by atoms with Crippen molar-refractivity contribution in [2.75, 3.05) is 40.4 Å². The van der Waals surface area contributed by atoms with Crippen molar-refractivity contribution in [1.82, 2.24) is 9.62 Å². The van der Waals surface area contributed by atoms with Crippen LogP contribution >= 0.6 is 0 Å². The van der Waals surface area contributed by atoms with E-state index < -0.39 is 10.0 Å². The van der Waals surface area contributed by atoms with Crippen molar-refractivity contribution in [3.63, 3.8) is 0 Å². The summed E-state index contributed by atoms with van der Waals surface area (Å²) in [7, 11) is 0.0206. The number of rotatable bonds is 7. The summed E-state index contributed by atoms with van der Waals surface area (Å²) in [6, 6.07) is 6.55. The van der Waals surface area contributed by atoms with E-state index in [9.17, 15) is 8.42 Å². The monoisotopic (exact) mass is 314 g/mol. The highest BCUT2D eigenvalue weighted by atomic mass is 32.2. The average molecular weight is 314 g/mol. The van der Waals surface area contributed by atoms with Gasteiger partial charge in [-0.25, -0.2) is 8.42 Å². The van der Waals surface area contributed by atoms with E-state index in [4.69, 9.17) is 9.47 Å². The van der Waals surface area contributed by atoms with Crippen LogP contribution in [0.2, 0.25) is 0 Å². The lowest BCUT2D eigenvalue weighted by Crippen LogP contribution is -2.30. The SMILES string of the molecule is CNCCOc1ccc(S(=O)(=O)N2CCC(OC)C2)cc1. The van der Waals surface area contributed by atoms with Gasteiger partial charge >= 0.3 is 0 Å². The molecule has 1 N–H and O–H groups in total. The first-order chi connectivity index (χ1) is 10.1. The molecule has 1 heterocycles. The van der Waals surface area contributed by atoms with E-state index in [1.807, 2.05) is 7.05 Å². The molecule has 1 aromatic carbocycles. The molecule has 0 amide bonds. The van der Waals surface area contributed by atoms with Gasteiger partial charge < -0.3 is 14.8 Å². The van der Waals surface area contributed by atoms with Crippen LogP contribution in [0.4, 0.5) is 0 Å². The van der Waals surface area contributed by atoms with Crippen molar-refractivity contribution in [3.05, 3.63) is 24.3 Å². The molecule has 1 aliphatic rings. The van der Waals surface area contributed by atoms with Gasteiger partial charge in [0.05, 0.1) is 11.0 Å². The van der Waals surface area contributed by atoms with Crippen molar-refractivity contribution in [2.24, 2.45) is 0 Å². The van der Waals surface area contributed by atoms with E-state index in [2.05, 4.69) is 5.32 Å². The summed E-state index contributed by atoms with van der Waals surface area (Å²) >= 11 is 0. The molecule has 0 radical (unpaired) electrons. The number of hydrogen-bond donors (Lipinski definition) is 1. The highest BCUT2D eigenvalue weighted by Gasteiger charge is 2.32. The summed E-state index contributed by atoms with van der Waals surface area (Å²) in [4.78, 5) is 0.292. The van der Waals surface area contributed by atoms with Gasteiger partial charge in [-0.2, -0.15) is 4.31 Å². The Morgan fingerprint density at radius 2 is 2.05 bits per heavy atom. The predicted octanol–water partition coefficient (Wildman–Crippen LogP) is 0.694. The number of hydrogen-bond acceptors (Lipinski definition) is 5. The van der Waals surface area contributed by atoms with Crippen molar-refractivity contribution in [2.45, 2.75) is 17.4 Å². The minimum atomic E-state index is -3.44. The number of ether oxygens (including phenoxy) is 2. The predicted molar refractivity (Wildman–Crippen MR) is 80.0 cm³/mol. The maximum absolute atomic E-state index is 12.5. The van der Waals surface area contributed by atoms with Crippen LogP contribution in [0.25, 0.3) is 0 Å². The molecule has 6 nitrogen and oxygen atoms in total. The summed E-state index contributed by atoms with van der Waals surface area (Å²) in [6.07, 6.45) is 0.727. The minimum Gasteiger partial charge on any atom is -0.492 e. The number of methoxy groups -OCH3 is 1. The number of nitrogens with one attached hydrogen (secondary N) is 1. The second-order valence-electron chi connectivity index (χ2n) is 4.93. The van der Waals surface area contributed by atoms with E-state index in [-0.39, 0.29) is 6.10 Å². The summed E-state index contributed by atoms with van der Waals surface area (Å²) in [5.41, 5.74) is 0. The molecule has 1 saturated heterocycles. The maximum Gasteiger partial charge on any atom is 0.243 e. The zero-order chi connectivity index (χ0) is 15.3. The van der Waals surface area contributed by atoms with E-state index in [0.29, 0.717) is 30.3 Å². The zero-order valence-electron chi connectivity index (χ0n) is 12.4. The van der Waals surface area contributed by atoms with Crippen LogP contribution < -0.4 is 10.1 Å². The largest absolute Gasteiger partial charge is 0.492 e. The molecule has 1 unspecified atom stereocenters. The summed E-state index contributed by atoms with van der Waals surface area (Å²) in [6.45, 7) is 2.21. The van der Waals surface area contributed by atoms with Crippen LogP contribution in [0.15, 0.2) is 29.2 Å². The van der Waals surface area contributed by atoms with Gasteiger partial charge in [-0.15, -0.1) is 0 Å². The number of benzene rings is 1. The standard InChI is InChI=1S/C14H22N2O4S/c1-15-8-10-20-12-3-5-14(6-4-12)21(17,18)16-9-7-13(11-16)19-2/h3-6,13,15H,7-11H2,1-2H3. The fourth-order valence-electron chi connectivity index (χ4n) is 2.24. The van der Waals surface area contributed by atoms with Crippen molar-refractivity contribution < 1.29 is 17.9 Å². The summed E-state index contributed by atoms with van der Waals surface area (Å²) < 4.78 is 37.1. The first-order valence-electron chi connectivity index (χ1n) is 6.98. The van der Waals surface area contributed by atoms with Gasteiger partial charge in [0, 0.05) is 26.7 Å². The maximum atomic E-state index is 12.5. The Hall–Kier alpha value is -1.15. The molecule has 0 bridgehead atoms. The van der Waals surface area contributed by atoms with Crippen molar-refractivity contribution in [3.8, 4) is 5.75 Å². The highest BCUT2D eigenvalue weighted by Crippen LogP contribution is 2.23. The molecular weight excluding hydrogens is 292 g/mol. The lowest BCUT2D eigenvalue weighted by atomic mass is 10.3. The molecule has 1 aromatic rings. The van der Waals surface area contributed by atoms with Crippen LogP contribution in [0.3, 0.4) is 0 Å². The Kier molecular flexibility index (Phi) is 5.58. The average Bonchev–Trinajstić information content (AvgIpc) is 2.98. The Morgan fingerprint density at radius 3 is 2.62 bits per heavy atom. The molecule has 118 valence electrons. The summed E-state index contributed by atoms with van der Waals surface area (Å²) in [5, 5.41) is 2.98. The molecule has 0 aliphatic carbocycles. The van der Waals surface area contributed by atoms with E-state index >= 15 is 0 Å². The first kappa shape index (κ1) is 16.2. The van der Waals surface area contributed by atoms with Gasteiger partial charge in [-0.3, -0.25) is 0 Å². The van der Waals surface area contributed by atoms with Crippen LogP contribution in [0.1, 0.15) is 6.42 Å². The van der Waals surface area contributed by atoms with Gasteiger partial charge in [0.1, 0.15) is 12.4 Å². The molecule has 1 fully saturated rings. The van der Waals surface area contributed by atoms with Crippen LogP contribution in [0, 0.1) is 0 Å². The normalized spacial score (nSPS) is 19.8. The van der Waals surface area contributed by atoms with Gasteiger partial charge in [-0.1, -0.05) is 0 Å². The lowest BCUT2D eigenvalue weighted by molar-refractivity contribution is 0.115. The molecule has 1 atom stereocenters. The Labute approximate surface area is 126 Å². The minimum absolute atomic E-state index is 0.0103. The van der Waals surface area contributed by atoms with Crippen molar-refractivity contribution in [1.29, 1.82) is 0 Å². The van der Waals surface area contributed by atoms with E-state index in [1.54, 1.807) is 31.4 Å². The quantitative estimate of drug-likeness (QED) is 0.750. The Balaban J connectivity index is 2.03. The van der Waals surface area contributed by atoms with Crippen LogP contribution in [-0.4, -0.2) is 59.2 Å². The van der Waals surface area contributed by atoms with E-state index in [0.717, 1.165) is 13.0 Å². The third kappa shape index (κ3) is 3.94. The fraction of sp³-hybridized carbons (Fsp3) is 0.571. The van der Waals surface area contributed by atoms with Gasteiger partial charge in [0.2, 0.25) is 10.0 Å². The van der Waals surface area contributed by atoms with Gasteiger partial charge in [-0.05, 0) is 37.7 Å². The number of likely N-dealkylation sites (N-methyl/N-ethyl adjacent to an activating group) is 1. The molecule has 1 aliphatic heterocycles. The van der Waals surface area contributed by atoms with Crippen molar-refractivity contribution >= 4 is 10.0 Å². The molecule has 7 heteroatoms. The number of sulfonamides is 1. The molecule has 2 rings (SSSR count). The molecular formula is C14H22N2O4S. The molecule has 0 saturated carbocycles. The molecule has 0 spiro atoms. The first-order valence-corrected chi connectivity index (χ1v) is 8.42. The third-order valence-electron chi connectivity index (χ3n) is 3.52.